The van der Waals surface area contributed by atoms with Crippen molar-refractivity contribution < 1.29 is 5.11 Å². The van der Waals surface area contributed by atoms with Gasteiger partial charge in [-0.3, -0.25) is 0 Å². The number of rotatable bonds is 4. The molecule has 3 saturated carbocycles. The molecule has 1 heteroatoms. The summed E-state index contributed by atoms with van der Waals surface area (Å²) in [4.78, 5) is 0. The van der Waals surface area contributed by atoms with Gasteiger partial charge in [-0.2, -0.15) is 0 Å². The van der Waals surface area contributed by atoms with Gasteiger partial charge in [0, 0.05) is 0 Å². The van der Waals surface area contributed by atoms with Crippen molar-refractivity contribution in [3.63, 3.8) is 0 Å². The van der Waals surface area contributed by atoms with Crippen LogP contribution in [-0.4, -0.2) is 11.2 Å². The monoisotopic (exact) mass is 474 g/mol. The molecule has 200 valence electrons. The number of allylic oxidation sites excluding steroid dienone is 2. The van der Waals surface area contributed by atoms with Gasteiger partial charge in [-0.25, -0.2) is 0 Å². The first-order chi connectivity index (χ1) is 15.5. The summed E-state index contributed by atoms with van der Waals surface area (Å²) in [5.74, 6) is 2.44. The Morgan fingerprint density at radius 2 is 1.62 bits per heavy atom. The van der Waals surface area contributed by atoms with Crippen molar-refractivity contribution >= 4 is 0 Å². The molecule has 4 aliphatic carbocycles. The maximum absolute atomic E-state index is 10.3. The summed E-state index contributed by atoms with van der Waals surface area (Å²) in [6, 6.07) is 0. The Balaban J connectivity index is 0.00000110. The number of fused-ring (bicyclic) bond motifs is 5. The Hall–Kier alpha value is -0.560. The van der Waals surface area contributed by atoms with E-state index in [1.54, 1.807) is 5.57 Å². The SMILES string of the molecule is C.C=C(C)CCC(C)C1CCC2(C)C1(C)CCC1C3(C)CCC(O)CC3=CCC12C.CC.CC. The summed E-state index contributed by atoms with van der Waals surface area (Å²) in [7, 11) is 0. The van der Waals surface area contributed by atoms with Gasteiger partial charge in [0.2, 0.25) is 0 Å². The summed E-state index contributed by atoms with van der Waals surface area (Å²) in [6.45, 7) is 27.5. The second kappa shape index (κ2) is 11.7. The molecule has 0 spiro atoms. The lowest BCUT2D eigenvalue weighted by molar-refractivity contribution is -0.171. The lowest BCUT2D eigenvalue weighted by Gasteiger charge is -2.68. The molecule has 0 bridgehead atoms. The second-order valence-corrected chi connectivity index (χ2v) is 12.6. The lowest BCUT2D eigenvalue weighted by Crippen LogP contribution is -2.61. The minimum atomic E-state index is -0.104. The van der Waals surface area contributed by atoms with Crippen molar-refractivity contribution in [2.75, 3.05) is 0 Å². The molecule has 1 nitrogen and oxygen atoms in total. The number of aliphatic hydroxyl groups is 1. The molecule has 4 rings (SSSR count). The van der Waals surface area contributed by atoms with Crippen LogP contribution in [0.3, 0.4) is 0 Å². The fourth-order valence-electron chi connectivity index (χ4n) is 9.25. The third kappa shape index (κ3) is 4.73. The first kappa shape index (κ1) is 31.5. The maximum atomic E-state index is 10.3. The van der Waals surface area contributed by atoms with Crippen molar-refractivity contribution in [1.29, 1.82) is 0 Å². The highest BCUT2D eigenvalue weighted by Gasteiger charge is 2.69. The number of hydrogen-bond donors (Lipinski definition) is 1. The molecule has 3 fully saturated rings. The van der Waals surface area contributed by atoms with Crippen LogP contribution in [0.2, 0.25) is 0 Å². The van der Waals surface area contributed by atoms with E-state index >= 15 is 0 Å². The van der Waals surface area contributed by atoms with E-state index in [2.05, 4.69) is 54.2 Å². The molecule has 34 heavy (non-hydrogen) atoms. The van der Waals surface area contributed by atoms with Gasteiger partial charge in [-0.05, 0) is 111 Å². The Bertz CT molecular complexity index is 705. The Labute approximate surface area is 215 Å². The van der Waals surface area contributed by atoms with Crippen LogP contribution in [-0.2, 0) is 0 Å². The van der Waals surface area contributed by atoms with Crippen LogP contribution in [0.25, 0.3) is 0 Å². The minimum absolute atomic E-state index is 0. The Morgan fingerprint density at radius 1 is 1.00 bits per heavy atom. The van der Waals surface area contributed by atoms with Gasteiger partial charge in [0.25, 0.3) is 0 Å². The van der Waals surface area contributed by atoms with Crippen molar-refractivity contribution in [3.05, 3.63) is 23.8 Å². The van der Waals surface area contributed by atoms with Crippen LogP contribution in [0.15, 0.2) is 23.8 Å². The maximum Gasteiger partial charge on any atom is 0.0577 e. The van der Waals surface area contributed by atoms with E-state index in [9.17, 15) is 5.11 Å². The van der Waals surface area contributed by atoms with Gasteiger partial charge in [0.15, 0.2) is 0 Å². The summed E-state index contributed by atoms with van der Waals surface area (Å²) >= 11 is 0. The van der Waals surface area contributed by atoms with Crippen LogP contribution < -0.4 is 0 Å². The van der Waals surface area contributed by atoms with Crippen LogP contribution in [0.1, 0.15) is 141 Å². The highest BCUT2D eigenvalue weighted by atomic mass is 16.3. The van der Waals surface area contributed by atoms with Crippen LogP contribution >= 0.6 is 0 Å². The minimum Gasteiger partial charge on any atom is -0.393 e. The molecule has 0 aromatic rings. The van der Waals surface area contributed by atoms with Gasteiger partial charge < -0.3 is 5.11 Å². The normalized spacial score (nSPS) is 43.1. The zero-order valence-corrected chi connectivity index (χ0v) is 24.1. The van der Waals surface area contributed by atoms with Crippen molar-refractivity contribution in [2.24, 2.45) is 39.4 Å². The highest BCUT2D eigenvalue weighted by molar-refractivity contribution is 5.30. The third-order valence-electron chi connectivity index (χ3n) is 11.5. The molecule has 4 aliphatic rings. The fraction of sp³-hybridized carbons (Fsp3) is 0.879. The third-order valence-corrected chi connectivity index (χ3v) is 11.5. The van der Waals surface area contributed by atoms with E-state index in [0.717, 1.165) is 30.6 Å². The van der Waals surface area contributed by atoms with Crippen molar-refractivity contribution in [1.82, 2.24) is 0 Å². The predicted octanol–water partition coefficient (Wildman–Crippen LogP) is 10.4. The molecule has 0 saturated heterocycles. The average Bonchev–Trinajstić information content (AvgIpc) is 3.08. The van der Waals surface area contributed by atoms with Gasteiger partial charge in [0.1, 0.15) is 0 Å². The molecular formula is C33H62O. The van der Waals surface area contributed by atoms with Gasteiger partial charge >= 0.3 is 0 Å². The largest absolute Gasteiger partial charge is 0.393 e. The predicted molar refractivity (Wildman–Crippen MR) is 153 cm³/mol. The molecule has 8 unspecified atom stereocenters. The zero-order valence-electron chi connectivity index (χ0n) is 24.1. The second-order valence-electron chi connectivity index (χ2n) is 12.6. The van der Waals surface area contributed by atoms with Crippen molar-refractivity contribution in [2.45, 2.75) is 147 Å². The lowest BCUT2D eigenvalue weighted by atomic mass is 9.36. The number of aliphatic hydroxyl groups excluding tert-OH is 1. The van der Waals surface area contributed by atoms with E-state index < -0.39 is 0 Å². The molecular weight excluding hydrogens is 412 g/mol. The molecule has 0 aromatic carbocycles. The first-order valence-corrected chi connectivity index (χ1v) is 14.5. The topological polar surface area (TPSA) is 20.2 Å². The molecule has 1 N–H and O–H groups in total. The zero-order chi connectivity index (χ0) is 25.2. The quantitative estimate of drug-likeness (QED) is 0.402. The average molecular weight is 475 g/mol. The van der Waals surface area contributed by atoms with Gasteiger partial charge in [-0.15, -0.1) is 6.58 Å². The smallest absolute Gasteiger partial charge is 0.0577 e. The first-order valence-electron chi connectivity index (χ1n) is 14.5. The fourth-order valence-corrected chi connectivity index (χ4v) is 9.25. The van der Waals surface area contributed by atoms with E-state index in [1.165, 1.54) is 56.9 Å². The molecule has 8 atom stereocenters. The summed E-state index contributed by atoms with van der Waals surface area (Å²) in [5, 5.41) is 10.3. The molecule has 0 heterocycles. The van der Waals surface area contributed by atoms with E-state index in [-0.39, 0.29) is 13.5 Å². The van der Waals surface area contributed by atoms with Crippen LogP contribution in [0.4, 0.5) is 0 Å². The van der Waals surface area contributed by atoms with E-state index in [1.807, 2.05) is 27.7 Å². The summed E-state index contributed by atoms with van der Waals surface area (Å²) < 4.78 is 0. The van der Waals surface area contributed by atoms with Crippen LogP contribution in [0.5, 0.6) is 0 Å². The Kier molecular flexibility index (Phi) is 10.8. The summed E-state index contributed by atoms with van der Waals surface area (Å²) in [6.07, 6.45) is 14.9. The standard InChI is InChI=1S/C28H46O.2C2H6.CH4/c1-19(2)8-9-20(3)23-12-17-28(7)26(23,5)16-13-24-25(4)14-11-22(29)18-21(25)10-15-27(24,28)6;2*1-2;/h10,20,22-24,29H,1,8-9,11-18H2,2-7H3;2*1-2H3;1H4. The number of hydrogen-bond acceptors (Lipinski definition) is 1. The molecule has 0 aromatic heterocycles. The highest BCUT2D eigenvalue weighted by Crippen LogP contribution is 2.77. The molecule has 0 radical (unpaired) electrons. The molecule has 0 amide bonds. The van der Waals surface area contributed by atoms with Crippen molar-refractivity contribution in [3.8, 4) is 0 Å². The molecule has 0 aliphatic heterocycles. The van der Waals surface area contributed by atoms with E-state index in [0.29, 0.717) is 21.7 Å². The van der Waals surface area contributed by atoms with E-state index in [4.69, 9.17) is 0 Å². The van der Waals surface area contributed by atoms with Gasteiger partial charge in [0.05, 0.1) is 6.10 Å². The van der Waals surface area contributed by atoms with Crippen LogP contribution in [0, 0.1) is 39.4 Å². The Morgan fingerprint density at radius 3 is 2.21 bits per heavy atom. The van der Waals surface area contributed by atoms with Gasteiger partial charge in [-0.1, -0.05) is 87.0 Å². The summed E-state index contributed by atoms with van der Waals surface area (Å²) in [5.41, 5.74) is 4.53.